The van der Waals surface area contributed by atoms with E-state index in [1.54, 1.807) is 36.4 Å². The lowest BCUT2D eigenvalue weighted by atomic mass is 10.0. The normalized spacial score (nSPS) is 10.3. The molecule has 0 N–H and O–H groups in total. The topological polar surface area (TPSA) is 26.3 Å². The van der Waals surface area contributed by atoms with Gasteiger partial charge < -0.3 is 4.74 Å². The second-order valence-corrected chi connectivity index (χ2v) is 4.48. The smallest absolute Gasteiger partial charge is 0.168 e. The van der Waals surface area contributed by atoms with Gasteiger partial charge in [0.25, 0.3) is 0 Å². The summed E-state index contributed by atoms with van der Waals surface area (Å²) in [6.07, 6.45) is -0.0244. The van der Waals surface area contributed by atoms with Crippen molar-refractivity contribution in [2.24, 2.45) is 0 Å². The lowest BCUT2D eigenvalue weighted by Gasteiger charge is -2.07. The highest BCUT2D eigenvalue weighted by molar-refractivity contribution is 6.31. The van der Waals surface area contributed by atoms with Crippen LogP contribution >= 0.6 is 11.6 Å². The van der Waals surface area contributed by atoms with E-state index in [1.165, 1.54) is 13.2 Å². The first-order chi connectivity index (χ1) is 9.11. The molecule has 0 unspecified atom stereocenters. The van der Waals surface area contributed by atoms with Gasteiger partial charge in [-0.25, -0.2) is 4.39 Å². The molecule has 0 aliphatic carbocycles. The highest BCUT2D eigenvalue weighted by Crippen LogP contribution is 2.21. The second kappa shape index (κ2) is 5.85. The number of Topliss-reactive ketones (excluding diaryl/α,β-unsaturated/α-hetero) is 1. The van der Waals surface area contributed by atoms with E-state index < -0.39 is 5.82 Å². The Morgan fingerprint density at radius 2 is 2.00 bits per heavy atom. The van der Waals surface area contributed by atoms with Crippen LogP contribution in [0.1, 0.15) is 15.9 Å². The SMILES string of the molecule is COc1cccc(CC(=O)c2cccc(Cl)c2)c1F. The predicted octanol–water partition coefficient (Wildman–Crippen LogP) is 3.91. The van der Waals surface area contributed by atoms with Crippen molar-refractivity contribution in [2.45, 2.75) is 6.42 Å². The minimum absolute atomic E-state index is 0.0244. The highest BCUT2D eigenvalue weighted by atomic mass is 35.5. The summed E-state index contributed by atoms with van der Waals surface area (Å²) in [6, 6.07) is 11.3. The number of methoxy groups -OCH3 is 1. The van der Waals surface area contributed by atoms with Crippen molar-refractivity contribution in [1.82, 2.24) is 0 Å². The Labute approximate surface area is 115 Å². The number of benzene rings is 2. The van der Waals surface area contributed by atoms with E-state index in [-0.39, 0.29) is 18.0 Å². The number of carbonyl (C=O) groups excluding carboxylic acids is 1. The molecule has 0 aliphatic heterocycles. The predicted molar refractivity (Wildman–Crippen MR) is 72.4 cm³/mol. The summed E-state index contributed by atoms with van der Waals surface area (Å²) in [5.41, 5.74) is 0.777. The van der Waals surface area contributed by atoms with Crippen molar-refractivity contribution >= 4 is 17.4 Å². The van der Waals surface area contributed by atoms with Crippen molar-refractivity contribution in [3.05, 3.63) is 64.4 Å². The third-order valence-electron chi connectivity index (χ3n) is 2.76. The summed E-state index contributed by atoms with van der Waals surface area (Å²) in [7, 11) is 1.39. The zero-order valence-electron chi connectivity index (χ0n) is 10.3. The van der Waals surface area contributed by atoms with Crippen LogP contribution in [0.15, 0.2) is 42.5 Å². The van der Waals surface area contributed by atoms with Crippen LogP contribution in [-0.4, -0.2) is 12.9 Å². The minimum atomic E-state index is -0.500. The van der Waals surface area contributed by atoms with Crippen LogP contribution in [0, 0.1) is 5.82 Å². The Hall–Kier alpha value is -1.87. The number of ether oxygens (including phenoxy) is 1. The Balaban J connectivity index is 2.24. The quantitative estimate of drug-likeness (QED) is 0.793. The van der Waals surface area contributed by atoms with E-state index in [2.05, 4.69) is 0 Å². The largest absolute Gasteiger partial charge is 0.494 e. The molecule has 2 rings (SSSR count). The molecule has 0 radical (unpaired) electrons. The zero-order valence-corrected chi connectivity index (χ0v) is 11.1. The molecule has 0 saturated heterocycles. The van der Waals surface area contributed by atoms with Crippen LogP contribution < -0.4 is 4.74 Å². The fourth-order valence-electron chi connectivity index (χ4n) is 1.79. The molecular weight excluding hydrogens is 267 g/mol. The summed E-state index contributed by atoms with van der Waals surface area (Å²) >= 11 is 5.82. The van der Waals surface area contributed by atoms with E-state index in [0.29, 0.717) is 16.1 Å². The Kier molecular flexibility index (Phi) is 4.17. The first-order valence-electron chi connectivity index (χ1n) is 5.72. The Morgan fingerprint density at radius 1 is 1.26 bits per heavy atom. The lowest BCUT2D eigenvalue weighted by molar-refractivity contribution is 0.0991. The van der Waals surface area contributed by atoms with Gasteiger partial charge in [0.05, 0.1) is 7.11 Å². The molecule has 0 aliphatic rings. The van der Waals surface area contributed by atoms with Crippen molar-refractivity contribution in [2.75, 3.05) is 7.11 Å². The second-order valence-electron chi connectivity index (χ2n) is 4.04. The zero-order chi connectivity index (χ0) is 13.8. The molecule has 0 spiro atoms. The van der Waals surface area contributed by atoms with Gasteiger partial charge in [0.15, 0.2) is 17.3 Å². The summed E-state index contributed by atoms with van der Waals surface area (Å²) in [4.78, 5) is 12.1. The first-order valence-corrected chi connectivity index (χ1v) is 6.09. The van der Waals surface area contributed by atoms with Crippen LogP contribution in [0.3, 0.4) is 0 Å². The molecule has 0 amide bonds. The Morgan fingerprint density at radius 3 is 2.68 bits per heavy atom. The van der Waals surface area contributed by atoms with Gasteiger partial charge in [-0.2, -0.15) is 0 Å². The van der Waals surface area contributed by atoms with Crippen molar-refractivity contribution < 1.29 is 13.9 Å². The molecule has 4 heteroatoms. The molecular formula is C15H12ClFO2. The van der Waals surface area contributed by atoms with Crippen molar-refractivity contribution in [3.63, 3.8) is 0 Å². The van der Waals surface area contributed by atoms with Crippen LogP contribution in [0.2, 0.25) is 5.02 Å². The van der Waals surface area contributed by atoms with Gasteiger partial charge in [0.2, 0.25) is 0 Å². The molecule has 2 nitrogen and oxygen atoms in total. The molecule has 2 aromatic carbocycles. The van der Waals surface area contributed by atoms with Crippen LogP contribution in [0.4, 0.5) is 4.39 Å². The van der Waals surface area contributed by atoms with E-state index in [1.807, 2.05) is 0 Å². The molecule has 0 bridgehead atoms. The van der Waals surface area contributed by atoms with Crippen LogP contribution in [0.5, 0.6) is 5.75 Å². The summed E-state index contributed by atoms with van der Waals surface area (Å²) in [5, 5.41) is 0.483. The maximum atomic E-state index is 13.9. The molecule has 98 valence electrons. The standard InChI is InChI=1S/C15H12ClFO2/c1-19-14-7-3-5-11(15(14)17)9-13(18)10-4-2-6-12(16)8-10/h2-8H,9H2,1H3. The van der Waals surface area contributed by atoms with Gasteiger partial charge >= 0.3 is 0 Å². The number of hydrogen-bond donors (Lipinski definition) is 0. The molecule has 0 saturated carbocycles. The van der Waals surface area contributed by atoms with Crippen molar-refractivity contribution in [1.29, 1.82) is 0 Å². The van der Waals surface area contributed by atoms with E-state index >= 15 is 0 Å². The van der Waals surface area contributed by atoms with Crippen LogP contribution in [-0.2, 0) is 6.42 Å². The molecule has 0 fully saturated rings. The number of halogens is 2. The van der Waals surface area contributed by atoms with Gasteiger partial charge in [0.1, 0.15) is 0 Å². The third kappa shape index (κ3) is 3.12. The summed E-state index contributed by atoms with van der Waals surface area (Å²) in [6.45, 7) is 0. The van der Waals surface area contributed by atoms with E-state index in [9.17, 15) is 9.18 Å². The monoisotopic (exact) mass is 278 g/mol. The fraction of sp³-hybridized carbons (Fsp3) is 0.133. The summed E-state index contributed by atoms with van der Waals surface area (Å²) < 4.78 is 18.8. The van der Waals surface area contributed by atoms with Crippen LogP contribution in [0.25, 0.3) is 0 Å². The molecule has 0 atom stereocenters. The van der Waals surface area contributed by atoms with Gasteiger partial charge in [0, 0.05) is 17.0 Å². The van der Waals surface area contributed by atoms with E-state index in [4.69, 9.17) is 16.3 Å². The number of rotatable bonds is 4. The summed E-state index contributed by atoms with van der Waals surface area (Å²) in [5.74, 6) is -0.550. The molecule has 0 heterocycles. The maximum absolute atomic E-state index is 13.9. The van der Waals surface area contributed by atoms with Gasteiger partial charge in [-0.15, -0.1) is 0 Å². The average Bonchev–Trinajstić information content (AvgIpc) is 2.41. The Bertz CT molecular complexity index is 611. The first kappa shape index (κ1) is 13.6. The molecule has 19 heavy (non-hydrogen) atoms. The minimum Gasteiger partial charge on any atom is -0.494 e. The highest BCUT2D eigenvalue weighted by Gasteiger charge is 2.13. The number of ketones is 1. The molecule has 2 aromatic rings. The maximum Gasteiger partial charge on any atom is 0.168 e. The van der Waals surface area contributed by atoms with Gasteiger partial charge in [-0.1, -0.05) is 35.9 Å². The number of carbonyl (C=O) groups is 1. The van der Waals surface area contributed by atoms with Gasteiger partial charge in [-0.3, -0.25) is 4.79 Å². The van der Waals surface area contributed by atoms with E-state index in [0.717, 1.165) is 0 Å². The fourth-order valence-corrected chi connectivity index (χ4v) is 1.98. The van der Waals surface area contributed by atoms with Gasteiger partial charge in [-0.05, 0) is 23.8 Å². The average molecular weight is 279 g/mol. The lowest BCUT2D eigenvalue weighted by Crippen LogP contribution is -2.06. The number of hydrogen-bond acceptors (Lipinski definition) is 2. The molecule has 0 aromatic heterocycles. The van der Waals surface area contributed by atoms with Crippen molar-refractivity contribution in [3.8, 4) is 5.75 Å². The third-order valence-corrected chi connectivity index (χ3v) is 3.00.